The largest absolute Gasteiger partial charge is 0.292 e. The molecule has 0 radical (unpaired) electrons. The Kier molecular flexibility index (Phi) is 4.53. The molecule has 0 aliphatic rings. The summed E-state index contributed by atoms with van der Waals surface area (Å²) in [6, 6.07) is 12.7. The second kappa shape index (κ2) is 6.17. The maximum Gasteiger partial charge on any atom is 0.187 e. The molecule has 0 fully saturated rings. The quantitative estimate of drug-likeness (QED) is 0.749. The zero-order valence-electron chi connectivity index (χ0n) is 10.1. The Morgan fingerprint density at radius 3 is 2.50 bits per heavy atom. The van der Waals surface area contributed by atoms with Crippen molar-refractivity contribution in [1.29, 1.82) is 5.26 Å². The number of ketones is 1. The van der Waals surface area contributed by atoms with Crippen LogP contribution in [0.4, 0.5) is 4.39 Å². The van der Waals surface area contributed by atoms with Gasteiger partial charge >= 0.3 is 0 Å². The Morgan fingerprint density at radius 1 is 1.25 bits per heavy atom. The van der Waals surface area contributed by atoms with Gasteiger partial charge in [0.05, 0.1) is 16.1 Å². The first-order valence-corrected chi connectivity index (χ1v) is 6.85. The summed E-state index contributed by atoms with van der Waals surface area (Å²) in [5, 5.41) is 9.71. The number of hydrogen-bond acceptors (Lipinski definition) is 2. The van der Waals surface area contributed by atoms with E-state index in [-0.39, 0.29) is 10.0 Å². The molecule has 0 heterocycles. The summed E-state index contributed by atoms with van der Waals surface area (Å²) in [6.45, 7) is 0. The van der Waals surface area contributed by atoms with Crippen LogP contribution >= 0.6 is 27.5 Å². The van der Waals surface area contributed by atoms with Crippen LogP contribution < -0.4 is 0 Å². The van der Waals surface area contributed by atoms with Gasteiger partial charge in [-0.2, -0.15) is 5.26 Å². The molecule has 1 atom stereocenters. The van der Waals surface area contributed by atoms with Gasteiger partial charge < -0.3 is 0 Å². The molecule has 0 amide bonds. The van der Waals surface area contributed by atoms with E-state index < -0.39 is 17.5 Å². The Morgan fingerprint density at radius 2 is 1.90 bits per heavy atom. The van der Waals surface area contributed by atoms with Gasteiger partial charge in [-0.3, -0.25) is 4.79 Å². The highest BCUT2D eigenvalue weighted by atomic mass is 79.9. The molecule has 0 spiro atoms. The van der Waals surface area contributed by atoms with Crippen LogP contribution in [0.1, 0.15) is 21.8 Å². The number of Topliss-reactive ketones (excluding diaryl/α,β-unsaturated/α-hetero) is 1. The highest BCUT2D eigenvalue weighted by Gasteiger charge is 2.25. The molecule has 2 aromatic rings. The molecular formula is C15H8BrClFNO. The molecule has 0 aliphatic carbocycles. The van der Waals surface area contributed by atoms with E-state index in [1.165, 1.54) is 12.1 Å². The summed E-state index contributed by atoms with van der Waals surface area (Å²) in [5.74, 6) is -2.29. The third-order valence-electron chi connectivity index (χ3n) is 2.81. The van der Waals surface area contributed by atoms with Gasteiger partial charge in [-0.25, -0.2) is 4.39 Å². The average Bonchev–Trinajstić information content (AvgIpc) is 2.44. The van der Waals surface area contributed by atoms with Gasteiger partial charge in [-0.15, -0.1) is 0 Å². The van der Waals surface area contributed by atoms with Crippen molar-refractivity contribution in [2.45, 2.75) is 5.92 Å². The van der Waals surface area contributed by atoms with Gasteiger partial charge in [0, 0.05) is 5.02 Å². The predicted molar refractivity (Wildman–Crippen MR) is 78.2 cm³/mol. The van der Waals surface area contributed by atoms with Crippen LogP contribution in [0.3, 0.4) is 0 Å². The molecule has 0 saturated carbocycles. The van der Waals surface area contributed by atoms with E-state index >= 15 is 0 Å². The standard InChI is InChI=1S/C15H8BrClFNO/c16-13-3-1-2-11(14(13)18)15(20)12(8-19)9-4-6-10(17)7-5-9/h1-7,12H. The molecule has 0 aliphatic heterocycles. The first-order chi connectivity index (χ1) is 9.54. The maximum atomic E-state index is 13.9. The molecule has 0 N–H and O–H groups in total. The van der Waals surface area contributed by atoms with Crippen LogP contribution in [0.2, 0.25) is 5.02 Å². The Bertz CT molecular complexity index is 694. The first-order valence-electron chi connectivity index (χ1n) is 5.68. The molecule has 0 bridgehead atoms. The monoisotopic (exact) mass is 351 g/mol. The van der Waals surface area contributed by atoms with Crippen LogP contribution in [0.15, 0.2) is 46.9 Å². The lowest BCUT2D eigenvalue weighted by molar-refractivity contribution is 0.0975. The zero-order chi connectivity index (χ0) is 14.7. The van der Waals surface area contributed by atoms with Crippen LogP contribution in [-0.4, -0.2) is 5.78 Å². The molecule has 100 valence electrons. The fraction of sp³-hybridized carbons (Fsp3) is 0.0667. The Labute approximate surface area is 128 Å². The Hall–Kier alpha value is -1.70. The second-order valence-corrected chi connectivity index (χ2v) is 5.37. The lowest BCUT2D eigenvalue weighted by Gasteiger charge is -2.10. The zero-order valence-corrected chi connectivity index (χ0v) is 12.5. The first kappa shape index (κ1) is 14.7. The molecule has 20 heavy (non-hydrogen) atoms. The van der Waals surface area contributed by atoms with Gasteiger partial charge in [0.15, 0.2) is 5.78 Å². The highest BCUT2D eigenvalue weighted by molar-refractivity contribution is 9.10. The van der Waals surface area contributed by atoms with E-state index in [0.717, 1.165) is 0 Å². The minimum atomic E-state index is -1.06. The number of carbonyl (C=O) groups is 1. The van der Waals surface area contributed by atoms with Gasteiger partial charge in [0.25, 0.3) is 0 Å². The number of hydrogen-bond donors (Lipinski definition) is 0. The van der Waals surface area contributed by atoms with Crippen LogP contribution in [0.25, 0.3) is 0 Å². The van der Waals surface area contributed by atoms with Crippen molar-refractivity contribution in [1.82, 2.24) is 0 Å². The topological polar surface area (TPSA) is 40.9 Å². The number of rotatable bonds is 3. The molecule has 2 aromatic carbocycles. The number of carbonyl (C=O) groups excluding carboxylic acids is 1. The molecule has 2 rings (SSSR count). The fourth-order valence-electron chi connectivity index (χ4n) is 1.79. The number of halogens is 3. The second-order valence-electron chi connectivity index (χ2n) is 4.08. The summed E-state index contributed by atoms with van der Waals surface area (Å²) in [5.41, 5.74) is 0.377. The van der Waals surface area contributed by atoms with Crippen molar-refractivity contribution >= 4 is 33.3 Å². The highest BCUT2D eigenvalue weighted by Crippen LogP contribution is 2.26. The molecule has 0 saturated heterocycles. The van der Waals surface area contributed by atoms with E-state index in [4.69, 9.17) is 11.6 Å². The van der Waals surface area contributed by atoms with E-state index in [0.29, 0.717) is 10.6 Å². The van der Waals surface area contributed by atoms with Crippen molar-refractivity contribution in [3.8, 4) is 6.07 Å². The minimum Gasteiger partial charge on any atom is -0.292 e. The third-order valence-corrected chi connectivity index (χ3v) is 3.68. The van der Waals surface area contributed by atoms with Crippen molar-refractivity contribution in [3.05, 3.63) is 68.9 Å². The summed E-state index contributed by atoms with van der Waals surface area (Å²) >= 11 is 8.79. The summed E-state index contributed by atoms with van der Waals surface area (Å²) in [6.07, 6.45) is 0. The number of benzene rings is 2. The van der Waals surface area contributed by atoms with Crippen molar-refractivity contribution in [2.24, 2.45) is 0 Å². The molecule has 0 aromatic heterocycles. The maximum absolute atomic E-state index is 13.9. The lowest BCUT2D eigenvalue weighted by Crippen LogP contribution is -2.13. The summed E-state index contributed by atoms with van der Waals surface area (Å²) in [7, 11) is 0. The van der Waals surface area contributed by atoms with Crippen molar-refractivity contribution in [3.63, 3.8) is 0 Å². The number of nitrogens with zero attached hydrogens (tertiary/aromatic N) is 1. The van der Waals surface area contributed by atoms with E-state index in [2.05, 4.69) is 15.9 Å². The SMILES string of the molecule is N#CC(C(=O)c1cccc(Br)c1F)c1ccc(Cl)cc1. The molecule has 2 nitrogen and oxygen atoms in total. The van der Waals surface area contributed by atoms with Gasteiger partial charge in [-0.1, -0.05) is 29.8 Å². The van der Waals surface area contributed by atoms with Crippen molar-refractivity contribution < 1.29 is 9.18 Å². The van der Waals surface area contributed by atoms with Crippen LogP contribution in [0, 0.1) is 17.1 Å². The van der Waals surface area contributed by atoms with Crippen molar-refractivity contribution in [2.75, 3.05) is 0 Å². The van der Waals surface area contributed by atoms with Gasteiger partial charge in [0.1, 0.15) is 11.7 Å². The van der Waals surface area contributed by atoms with Crippen LogP contribution in [-0.2, 0) is 0 Å². The molecule has 5 heteroatoms. The lowest BCUT2D eigenvalue weighted by atomic mass is 9.92. The predicted octanol–water partition coefficient (Wildman–Crippen LogP) is 4.73. The van der Waals surface area contributed by atoms with E-state index in [1.54, 1.807) is 30.3 Å². The fourth-order valence-corrected chi connectivity index (χ4v) is 2.28. The van der Waals surface area contributed by atoms with E-state index in [9.17, 15) is 14.4 Å². The van der Waals surface area contributed by atoms with Gasteiger partial charge in [-0.05, 0) is 45.8 Å². The van der Waals surface area contributed by atoms with Gasteiger partial charge in [0.2, 0.25) is 0 Å². The minimum absolute atomic E-state index is 0.110. The smallest absolute Gasteiger partial charge is 0.187 e. The number of nitriles is 1. The molecule has 1 unspecified atom stereocenters. The van der Waals surface area contributed by atoms with Crippen LogP contribution in [0.5, 0.6) is 0 Å². The average molecular weight is 353 g/mol. The molecular weight excluding hydrogens is 345 g/mol. The van der Waals surface area contributed by atoms with E-state index in [1.807, 2.05) is 6.07 Å². The normalized spacial score (nSPS) is 11.7. The summed E-state index contributed by atoms with van der Waals surface area (Å²) in [4.78, 5) is 12.3. The third kappa shape index (κ3) is 2.90. The summed E-state index contributed by atoms with van der Waals surface area (Å²) < 4.78 is 14.1. The Balaban J connectivity index is 2.42.